The first-order chi connectivity index (χ1) is 12.2. The fourth-order valence-electron chi connectivity index (χ4n) is 4.02. The van der Waals surface area contributed by atoms with E-state index < -0.39 is 6.09 Å². The number of ether oxygens (including phenoxy) is 1. The summed E-state index contributed by atoms with van der Waals surface area (Å²) in [6.45, 7) is 5.25. The SMILES string of the molecule is NC(=O)Oc1cccc(N2CCN(CCCC3CCCCC3)CC2)n1. The van der Waals surface area contributed by atoms with Crippen LogP contribution >= 0.6 is 0 Å². The van der Waals surface area contributed by atoms with Crippen LogP contribution in [-0.2, 0) is 0 Å². The Kier molecular flexibility index (Phi) is 6.50. The van der Waals surface area contributed by atoms with Crippen molar-refractivity contribution < 1.29 is 9.53 Å². The summed E-state index contributed by atoms with van der Waals surface area (Å²) in [7, 11) is 0. The van der Waals surface area contributed by atoms with Crippen molar-refractivity contribution >= 4 is 11.9 Å². The summed E-state index contributed by atoms with van der Waals surface area (Å²) in [6.07, 6.45) is 9.11. The Morgan fingerprint density at radius 3 is 2.64 bits per heavy atom. The molecule has 0 radical (unpaired) electrons. The van der Waals surface area contributed by atoms with Gasteiger partial charge in [-0.1, -0.05) is 38.2 Å². The molecular formula is C19H30N4O2. The predicted molar refractivity (Wildman–Crippen MR) is 98.9 cm³/mol. The Hall–Kier alpha value is -1.82. The minimum Gasteiger partial charge on any atom is -0.391 e. The number of amides is 1. The van der Waals surface area contributed by atoms with E-state index in [0.29, 0.717) is 0 Å². The molecule has 25 heavy (non-hydrogen) atoms. The van der Waals surface area contributed by atoms with Crippen molar-refractivity contribution in [1.82, 2.24) is 9.88 Å². The van der Waals surface area contributed by atoms with Crippen LogP contribution in [0.1, 0.15) is 44.9 Å². The molecule has 1 saturated heterocycles. The molecule has 1 saturated carbocycles. The molecule has 6 nitrogen and oxygen atoms in total. The van der Waals surface area contributed by atoms with Gasteiger partial charge in [0.15, 0.2) is 0 Å². The standard InChI is InChI=1S/C19H30N4O2/c20-19(24)25-18-10-4-9-17(21-18)23-14-12-22(13-15-23)11-5-8-16-6-2-1-3-7-16/h4,9-10,16H,1-3,5-8,11-15H2,(H2,20,24). The third-order valence-corrected chi connectivity index (χ3v) is 5.42. The number of nitrogens with two attached hydrogens (primary N) is 1. The van der Waals surface area contributed by atoms with Crippen molar-refractivity contribution in [2.75, 3.05) is 37.6 Å². The highest BCUT2D eigenvalue weighted by Crippen LogP contribution is 2.27. The molecule has 1 amide bonds. The number of piperazine rings is 1. The number of anilines is 1. The van der Waals surface area contributed by atoms with Crippen molar-refractivity contribution in [2.45, 2.75) is 44.9 Å². The van der Waals surface area contributed by atoms with Gasteiger partial charge < -0.3 is 15.4 Å². The normalized spacial score (nSPS) is 19.8. The summed E-state index contributed by atoms with van der Waals surface area (Å²) in [5.41, 5.74) is 5.05. The molecule has 0 bridgehead atoms. The second-order valence-corrected chi connectivity index (χ2v) is 7.23. The largest absolute Gasteiger partial charge is 0.411 e. The van der Waals surface area contributed by atoms with E-state index in [1.807, 2.05) is 12.1 Å². The highest BCUT2D eigenvalue weighted by atomic mass is 16.6. The molecule has 0 unspecified atom stereocenters. The number of carbonyl (C=O) groups is 1. The van der Waals surface area contributed by atoms with E-state index in [1.165, 1.54) is 51.5 Å². The first-order valence-electron chi connectivity index (χ1n) is 9.62. The Morgan fingerprint density at radius 1 is 1.16 bits per heavy atom. The summed E-state index contributed by atoms with van der Waals surface area (Å²) < 4.78 is 4.87. The highest BCUT2D eigenvalue weighted by molar-refractivity contribution is 5.67. The number of aromatic nitrogens is 1. The average Bonchev–Trinajstić information content (AvgIpc) is 2.63. The fraction of sp³-hybridized carbons (Fsp3) is 0.684. The lowest BCUT2D eigenvalue weighted by atomic mass is 9.86. The molecule has 1 aromatic rings. The Labute approximate surface area is 150 Å². The zero-order valence-corrected chi connectivity index (χ0v) is 15.0. The summed E-state index contributed by atoms with van der Waals surface area (Å²) >= 11 is 0. The Morgan fingerprint density at radius 2 is 1.92 bits per heavy atom. The average molecular weight is 346 g/mol. The Balaban J connectivity index is 1.40. The second kappa shape index (κ2) is 9.04. The molecule has 2 N–H and O–H groups in total. The van der Waals surface area contributed by atoms with Gasteiger partial charge in [0.05, 0.1) is 0 Å². The molecule has 2 heterocycles. The van der Waals surface area contributed by atoms with E-state index >= 15 is 0 Å². The summed E-state index contributed by atoms with van der Waals surface area (Å²) in [4.78, 5) is 20.0. The lowest BCUT2D eigenvalue weighted by Crippen LogP contribution is -2.47. The first-order valence-corrected chi connectivity index (χ1v) is 9.62. The number of hydrogen-bond acceptors (Lipinski definition) is 5. The molecule has 138 valence electrons. The smallest absolute Gasteiger partial charge is 0.391 e. The zero-order valence-electron chi connectivity index (χ0n) is 15.0. The highest BCUT2D eigenvalue weighted by Gasteiger charge is 2.19. The van der Waals surface area contributed by atoms with Gasteiger partial charge in [0.25, 0.3) is 0 Å². The number of rotatable bonds is 6. The number of carbonyl (C=O) groups excluding carboxylic acids is 1. The van der Waals surface area contributed by atoms with Gasteiger partial charge in [-0.25, -0.2) is 4.79 Å². The van der Waals surface area contributed by atoms with Crippen LogP contribution in [0.25, 0.3) is 0 Å². The van der Waals surface area contributed by atoms with E-state index in [2.05, 4.69) is 14.8 Å². The van der Waals surface area contributed by atoms with E-state index in [4.69, 9.17) is 10.5 Å². The molecular weight excluding hydrogens is 316 g/mol. The maximum Gasteiger partial charge on any atom is 0.411 e. The van der Waals surface area contributed by atoms with E-state index in [0.717, 1.165) is 37.9 Å². The van der Waals surface area contributed by atoms with Crippen molar-refractivity contribution in [3.05, 3.63) is 18.2 Å². The summed E-state index contributed by atoms with van der Waals surface area (Å²) in [6, 6.07) is 5.44. The van der Waals surface area contributed by atoms with Crippen LogP contribution in [-0.4, -0.2) is 48.7 Å². The Bertz CT molecular complexity index is 552. The molecule has 0 spiro atoms. The van der Waals surface area contributed by atoms with Gasteiger partial charge in [0.2, 0.25) is 5.88 Å². The molecule has 1 aliphatic carbocycles. The number of hydrogen-bond donors (Lipinski definition) is 1. The molecule has 0 aromatic carbocycles. The van der Waals surface area contributed by atoms with Gasteiger partial charge in [-0.2, -0.15) is 4.98 Å². The van der Waals surface area contributed by atoms with Crippen LogP contribution in [0, 0.1) is 5.92 Å². The van der Waals surface area contributed by atoms with Crippen molar-refractivity contribution in [3.8, 4) is 5.88 Å². The molecule has 0 atom stereocenters. The van der Waals surface area contributed by atoms with E-state index in [1.54, 1.807) is 6.07 Å². The summed E-state index contributed by atoms with van der Waals surface area (Å²) in [5.74, 6) is 2.09. The fourth-order valence-corrected chi connectivity index (χ4v) is 4.02. The zero-order chi connectivity index (χ0) is 17.5. The first kappa shape index (κ1) is 18.0. The van der Waals surface area contributed by atoms with Gasteiger partial charge in [-0.3, -0.25) is 4.90 Å². The lowest BCUT2D eigenvalue weighted by molar-refractivity contribution is 0.209. The van der Waals surface area contributed by atoms with Gasteiger partial charge >= 0.3 is 6.09 Å². The minimum atomic E-state index is -0.826. The van der Waals surface area contributed by atoms with Crippen molar-refractivity contribution in [2.24, 2.45) is 11.7 Å². The van der Waals surface area contributed by atoms with Gasteiger partial charge in [-0.05, 0) is 31.4 Å². The third kappa shape index (κ3) is 5.59. The molecule has 1 aromatic heterocycles. The molecule has 3 rings (SSSR count). The topological polar surface area (TPSA) is 71.7 Å². The number of primary amides is 1. The molecule has 2 aliphatic rings. The maximum atomic E-state index is 10.9. The third-order valence-electron chi connectivity index (χ3n) is 5.42. The number of nitrogens with zero attached hydrogens (tertiary/aromatic N) is 3. The molecule has 1 aliphatic heterocycles. The molecule has 6 heteroatoms. The van der Waals surface area contributed by atoms with Gasteiger partial charge in [0, 0.05) is 32.2 Å². The van der Waals surface area contributed by atoms with Crippen LogP contribution in [0.5, 0.6) is 5.88 Å². The van der Waals surface area contributed by atoms with Crippen LogP contribution in [0.3, 0.4) is 0 Å². The minimum absolute atomic E-state index is 0.264. The van der Waals surface area contributed by atoms with Crippen molar-refractivity contribution in [3.63, 3.8) is 0 Å². The van der Waals surface area contributed by atoms with Crippen LogP contribution in [0.2, 0.25) is 0 Å². The quantitative estimate of drug-likeness (QED) is 0.857. The summed E-state index contributed by atoms with van der Waals surface area (Å²) in [5, 5.41) is 0. The van der Waals surface area contributed by atoms with Crippen LogP contribution < -0.4 is 15.4 Å². The van der Waals surface area contributed by atoms with Crippen molar-refractivity contribution in [1.29, 1.82) is 0 Å². The molecule has 2 fully saturated rings. The lowest BCUT2D eigenvalue weighted by Gasteiger charge is -2.35. The van der Waals surface area contributed by atoms with E-state index in [9.17, 15) is 4.79 Å². The predicted octanol–water partition coefficient (Wildman–Crippen LogP) is 3.02. The number of pyridine rings is 1. The maximum absolute atomic E-state index is 10.9. The second-order valence-electron chi connectivity index (χ2n) is 7.23. The van der Waals surface area contributed by atoms with E-state index in [-0.39, 0.29) is 5.88 Å². The van der Waals surface area contributed by atoms with Crippen LogP contribution in [0.4, 0.5) is 10.6 Å². The van der Waals surface area contributed by atoms with Crippen LogP contribution in [0.15, 0.2) is 18.2 Å². The van der Waals surface area contributed by atoms with Gasteiger partial charge in [0.1, 0.15) is 5.82 Å². The van der Waals surface area contributed by atoms with Gasteiger partial charge in [-0.15, -0.1) is 0 Å². The monoisotopic (exact) mass is 346 g/mol.